The van der Waals surface area contributed by atoms with Gasteiger partial charge in [-0.3, -0.25) is 0 Å². The maximum Gasteiger partial charge on any atom is 0.124 e. The van der Waals surface area contributed by atoms with E-state index in [1.54, 1.807) is 0 Å². The first-order valence-electron chi connectivity index (χ1n) is 15.2. The van der Waals surface area contributed by atoms with Crippen LogP contribution in [0, 0.1) is 11.8 Å². The van der Waals surface area contributed by atoms with Crippen molar-refractivity contribution in [1.82, 2.24) is 0 Å². The summed E-state index contributed by atoms with van der Waals surface area (Å²) in [7, 11) is 0. The third kappa shape index (κ3) is 9.29. The predicted octanol–water partition coefficient (Wildman–Crippen LogP) is 9.40. The first-order chi connectivity index (χ1) is 22.7. The molecule has 0 bridgehead atoms. The average molecular weight is 603 g/mol. The third-order valence-electron chi connectivity index (χ3n) is 7.10. The van der Waals surface area contributed by atoms with E-state index in [1.807, 2.05) is 158 Å². The SMILES string of the molecule is C(#Cc1cc(OCc2ccccc2)cc(OCc2ccccc2)c1)c1cc(OCc2ccccc2)cc(OCc2ccccc2)c1. The number of benzene rings is 6. The van der Waals surface area contributed by atoms with Gasteiger partial charge in [0.25, 0.3) is 0 Å². The van der Waals surface area contributed by atoms with Crippen molar-refractivity contribution >= 4 is 0 Å². The standard InChI is InChI=1S/C42H34O4/c1-5-13-33(14-6-1)29-43-39-23-37(24-40(27-39)44-30-34-15-7-2-8-16-34)21-22-38-25-41(45-31-35-17-9-3-10-18-35)28-42(26-38)46-32-36-19-11-4-12-20-36/h1-20,23-28H,29-32H2. The number of ether oxygens (including phenoxy) is 4. The molecule has 0 heterocycles. The minimum absolute atomic E-state index is 0.443. The minimum atomic E-state index is 0.443. The fraction of sp³-hybridized carbons (Fsp3) is 0.0952. The van der Waals surface area contributed by atoms with E-state index in [0.29, 0.717) is 49.4 Å². The molecule has 0 unspecified atom stereocenters. The fourth-order valence-corrected chi connectivity index (χ4v) is 4.73. The van der Waals surface area contributed by atoms with E-state index in [4.69, 9.17) is 18.9 Å². The summed E-state index contributed by atoms with van der Waals surface area (Å²) in [5.74, 6) is 9.38. The van der Waals surface area contributed by atoms with E-state index in [-0.39, 0.29) is 0 Å². The number of hydrogen-bond donors (Lipinski definition) is 0. The van der Waals surface area contributed by atoms with Crippen LogP contribution in [0.5, 0.6) is 23.0 Å². The molecule has 0 aliphatic rings. The smallest absolute Gasteiger partial charge is 0.124 e. The Balaban J connectivity index is 1.25. The second-order valence-corrected chi connectivity index (χ2v) is 10.7. The van der Waals surface area contributed by atoms with E-state index in [0.717, 1.165) is 33.4 Å². The molecule has 6 aromatic carbocycles. The van der Waals surface area contributed by atoms with Crippen LogP contribution in [-0.4, -0.2) is 0 Å². The summed E-state index contributed by atoms with van der Waals surface area (Å²) < 4.78 is 24.7. The van der Waals surface area contributed by atoms with Gasteiger partial charge in [-0.15, -0.1) is 0 Å². The van der Waals surface area contributed by atoms with Crippen molar-refractivity contribution in [3.05, 3.63) is 191 Å². The lowest BCUT2D eigenvalue weighted by Gasteiger charge is -2.12. The van der Waals surface area contributed by atoms with Crippen molar-refractivity contribution in [3.63, 3.8) is 0 Å². The lowest BCUT2D eigenvalue weighted by molar-refractivity contribution is 0.289. The largest absolute Gasteiger partial charge is 0.489 e. The normalized spacial score (nSPS) is 10.3. The van der Waals surface area contributed by atoms with E-state index in [9.17, 15) is 0 Å². The summed E-state index contributed by atoms with van der Waals surface area (Å²) in [6, 6.07) is 51.9. The molecule has 0 saturated heterocycles. The highest BCUT2D eigenvalue weighted by Crippen LogP contribution is 2.27. The molecule has 0 saturated carbocycles. The van der Waals surface area contributed by atoms with Crippen LogP contribution >= 0.6 is 0 Å². The zero-order valence-electron chi connectivity index (χ0n) is 25.5. The second kappa shape index (κ2) is 15.7. The summed E-state index contributed by atoms with van der Waals surface area (Å²) in [4.78, 5) is 0. The zero-order valence-corrected chi connectivity index (χ0v) is 25.5. The van der Waals surface area contributed by atoms with Gasteiger partial charge in [0.15, 0.2) is 0 Å². The topological polar surface area (TPSA) is 36.9 Å². The van der Waals surface area contributed by atoms with Crippen LogP contribution in [0.3, 0.4) is 0 Å². The van der Waals surface area contributed by atoms with E-state index >= 15 is 0 Å². The quantitative estimate of drug-likeness (QED) is 0.131. The number of hydrogen-bond acceptors (Lipinski definition) is 4. The molecule has 0 atom stereocenters. The molecule has 4 nitrogen and oxygen atoms in total. The van der Waals surface area contributed by atoms with Gasteiger partial charge in [-0.1, -0.05) is 133 Å². The molecular formula is C42H34O4. The summed E-state index contributed by atoms with van der Waals surface area (Å²) in [5, 5.41) is 0. The van der Waals surface area contributed by atoms with Gasteiger partial charge in [0.1, 0.15) is 49.4 Å². The molecule has 0 aromatic heterocycles. The third-order valence-corrected chi connectivity index (χ3v) is 7.10. The van der Waals surface area contributed by atoms with Crippen LogP contribution in [0.25, 0.3) is 0 Å². The Morgan fingerprint density at radius 1 is 0.304 bits per heavy atom. The van der Waals surface area contributed by atoms with Crippen molar-refractivity contribution in [2.45, 2.75) is 26.4 Å². The number of rotatable bonds is 12. The highest BCUT2D eigenvalue weighted by Gasteiger charge is 2.07. The van der Waals surface area contributed by atoms with Crippen molar-refractivity contribution in [2.24, 2.45) is 0 Å². The molecule has 0 radical (unpaired) electrons. The molecule has 0 amide bonds. The van der Waals surface area contributed by atoms with Crippen molar-refractivity contribution in [2.75, 3.05) is 0 Å². The van der Waals surface area contributed by atoms with Crippen LogP contribution in [-0.2, 0) is 26.4 Å². The van der Waals surface area contributed by atoms with E-state index < -0.39 is 0 Å². The predicted molar refractivity (Wildman–Crippen MR) is 182 cm³/mol. The highest BCUT2D eigenvalue weighted by molar-refractivity contribution is 5.52. The zero-order chi connectivity index (χ0) is 31.2. The summed E-state index contributed by atoms with van der Waals surface area (Å²) in [5.41, 5.74) is 5.89. The molecule has 0 aliphatic heterocycles. The van der Waals surface area contributed by atoms with Gasteiger partial charge in [0, 0.05) is 23.3 Å². The first-order valence-corrected chi connectivity index (χ1v) is 15.2. The Morgan fingerprint density at radius 3 is 0.783 bits per heavy atom. The van der Waals surface area contributed by atoms with Crippen LogP contribution in [0.15, 0.2) is 158 Å². The monoisotopic (exact) mass is 602 g/mol. The Morgan fingerprint density at radius 2 is 0.543 bits per heavy atom. The van der Waals surface area contributed by atoms with Gasteiger partial charge in [-0.2, -0.15) is 0 Å². The van der Waals surface area contributed by atoms with Crippen molar-refractivity contribution in [3.8, 4) is 34.8 Å². The fourth-order valence-electron chi connectivity index (χ4n) is 4.73. The molecule has 0 N–H and O–H groups in total. The Hall–Kier alpha value is -5.92. The molecular weight excluding hydrogens is 568 g/mol. The van der Waals surface area contributed by atoms with Crippen LogP contribution in [0.2, 0.25) is 0 Å². The van der Waals surface area contributed by atoms with E-state index in [1.165, 1.54) is 0 Å². The molecule has 6 aromatic rings. The van der Waals surface area contributed by atoms with Crippen LogP contribution < -0.4 is 18.9 Å². The molecule has 4 heteroatoms. The summed E-state index contributed by atoms with van der Waals surface area (Å²) in [6.07, 6.45) is 0. The molecule has 6 rings (SSSR count). The van der Waals surface area contributed by atoms with Crippen molar-refractivity contribution in [1.29, 1.82) is 0 Å². The average Bonchev–Trinajstić information content (AvgIpc) is 3.12. The molecule has 226 valence electrons. The minimum Gasteiger partial charge on any atom is -0.489 e. The molecule has 46 heavy (non-hydrogen) atoms. The van der Waals surface area contributed by atoms with Crippen molar-refractivity contribution < 1.29 is 18.9 Å². The van der Waals surface area contributed by atoms with Gasteiger partial charge in [-0.05, 0) is 46.5 Å². The summed E-state index contributed by atoms with van der Waals surface area (Å²) in [6.45, 7) is 1.77. The Kier molecular flexibility index (Phi) is 10.3. The van der Waals surface area contributed by atoms with E-state index in [2.05, 4.69) is 11.8 Å². The van der Waals surface area contributed by atoms with Gasteiger partial charge >= 0.3 is 0 Å². The van der Waals surface area contributed by atoms with Gasteiger partial charge in [0.2, 0.25) is 0 Å². The van der Waals surface area contributed by atoms with Gasteiger partial charge in [0.05, 0.1) is 0 Å². The first kappa shape index (κ1) is 30.1. The van der Waals surface area contributed by atoms with Gasteiger partial charge in [-0.25, -0.2) is 0 Å². The van der Waals surface area contributed by atoms with Gasteiger partial charge < -0.3 is 18.9 Å². The maximum absolute atomic E-state index is 6.18. The molecule has 0 fully saturated rings. The highest BCUT2D eigenvalue weighted by atomic mass is 16.5. The van der Waals surface area contributed by atoms with Crippen LogP contribution in [0.4, 0.5) is 0 Å². The lowest BCUT2D eigenvalue weighted by atomic mass is 10.1. The molecule has 0 spiro atoms. The lowest BCUT2D eigenvalue weighted by Crippen LogP contribution is -1.99. The molecule has 0 aliphatic carbocycles. The van der Waals surface area contributed by atoms with Crippen LogP contribution in [0.1, 0.15) is 33.4 Å². The summed E-state index contributed by atoms with van der Waals surface area (Å²) >= 11 is 0. The maximum atomic E-state index is 6.18. The Labute approximate surface area is 270 Å². The second-order valence-electron chi connectivity index (χ2n) is 10.7. The Bertz CT molecular complexity index is 1620.